The van der Waals surface area contributed by atoms with Gasteiger partial charge in [0, 0.05) is 11.0 Å². The monoisotopic (exact) mass is 284 g/mol. The van der Waals surface area contributed by atoms with Crippen LogP contribution in [0.2, 0.25) is 0 Å². The van der Waals surface area contributed by atoms with E-state index in [0.717, 1.165) is 42.0 Å². The van der Waals surface area contributed by atoms with Gasteiger partial charge in [-0.25, -0.2) is 0 Å². The van der Waals surface area contributed by atoms with E-state index in [4.69, 9.17) is 10.5 Å². The fraction of sp³-hybridized carbons (Fsp3) is 0.500. The van der Waals surface area contributed by atoms with Gasteiger partial charge in [-0.3, -0.25) is 0 Å². The van der Waals surface area contributed by atoms with Gasteiger partial charge in [-0.1, -0.05) is 22.9 Å². The Morgan fingerprint density at radius 1 is 1.56 bits per heavy atom. The van der Waals surface area contributed by atoms with Gasteiger partial charge in [0.2, 0.25) is 0 Å². The van der Waals surface area contributed by atoms with Crippen molar-refractivity contribution in [1.82, 2.24) is 0 Å². The van der Waals surface area contributed by atoms with Crippen LogP contribution in [0.5, 0.6) is 0 Å². The van der Waals surface area contributed by atoms with Crippen molar-refractivity contribution in [3.8, 4) is 0 Å². The zero-order valence-electron chi connectivity index (χ0n) is 9.45. The predicted molar refractivity (Wildman–Crippen MR) is 70.8 cm³/mol. The number of nitrogens with zero attached hydrogens (tertiary/aromatic N) is 1. The standard InChI is InChI=1S/C12H17BrN2O/c1-2-10-8-16-6-5-15(10)12-4-3-9(13)7-11(12)14/h3-4,7,10H,2,5-6,8,14H2,1H3. The van der Waals surface area contributed by atoms with Gasteiger partial charge in [0.05, 0.1) is 30.6 Å². The first-order chi connectivity index (χ1) is 7.72. The Morgan fingerprint density at radius 2 is 2.38 bits per heavy atom. The smallest absolute Gasteiger partial charge is 0.0670 e. The lowest BCUT2D eigenvalue weighted by atomic mass is 10.1. The molecule has 1 aliphatic rings. The molecule has 4 heteroatoms. The van der Waals surface area contributed by atoms with Gasteiger partial charge in [0.15, 0.2) is 0 Å². The second-order valence-corrected chi connectivity index (χ2v) is 4.95. The molecule has 1 aliphatic heterocycles. The van der Waals surface area contributed by atoms with E-state index < -0.39 is 0 Å². The summed E-state index contributed by atoms with van der Waals surface area (Å²) in [4.78, 5) is 2.35. The summed E-state index contributed by atoms with van der Waals surface area (Å²) < 4.78 is 6.52. The van der Waals surface area contributed by atoms with Crippen molar-refractivity contribution in [3.05, 3.63) is 22.7 Å². The number of nitrogen functional groups attached to an aromatic ring is 1. The van der Waals surface area contributed by atoms with E-state index in [2.05, 4.69) is 33.8 Å². The molecule has 1 aromatic rings. The lowest BCUT2D eigenvalue weighted by molar-refractivity contribution is 0.0931. The molecule has 0 aliphatic carbocycles. The first-order valence-corrected chi connectivity index (χ1v) is 6.41. The van der Waals surface area contributed by atoms with Crippen LogP contribution in [-0.4, -0.2) is 25.8 Å². The third kappa shape index (κ3) is 2.33. The molecular formula is C12H17BrN2O. The summed E-state index contributed by atoms with van der Waals surface area (Å²) >= 11 is 3.43. The molecule has 1 fully saturated rings. The van der Waals surface area contributed by atoms with E-state index in [9.17, 15) is 0 Å². The normalized spacial score (nSPS) is 21.1. The Kier molecular flexibility index (Phi) is 3.71. The second-order valence-electron chi connectivity index (χ2n) is 4.03. The highest BCUT2D eigenvalue weighted by Gasteiger charge is 2.22. The van der Waals surface area contributed by atoms with E-state index in [1.165, 1.54) is 0 Å². The minimum atomic E-state index is 0.442. The summed E-state index contributed by atoms with van der Waals surface area (Å²) in [7, 11) is 0. The molecular weight excluding hydrogens is 268 g/mol. The number of benzene rings is 1. The van der Waals surface area contributed by atoms with Crippen molar-refractivity contribution in [1.29, 1.82) is 0 Å². The van der Waals surface area contributed by atoms with Crippen molar-refractivity contribution >= 4 is 27.3 Å². The lowest BCUT2D eigenvalue weighted by Crippen LogP contribution is -2.45. The van der Waals surface area contributed by atoms with Gasteiger partial charge in [-0.05, 0) is 24.6 Å². The molecule has 0 spiro atoms. The number of morpholine rings is 1. The van der Waals surface area contributed by atoms with Gasteiger partial charge in [-0.15, -0.1) is 0 Å². The molecule has 88 valence electrons. The highest BCUT2D eigenvalue weighted by atomic mass is 79.9. The number of nitrogens with two attached hydrogens (primary N) is 1. The van der Waals surface area contributed by atoms with Crippen LogP contribution in [0.1, 0.15) is 13.3 Å². The number of hydrogen-bond acceptors (Lipinski definition) is 3. The number of halogens is 1. The van der Waals surface area contributed by atoms with Crippen LogP contribution in [0, 0.1) is 0 Å². The highest BCUT2D eigenvalue weighted by molar-refractivity contribution is 9.10. The van der Waals surface area contributed by atoms with Crippen LogP contribution in [0.4, 0.5) is 11.4 Å². The molecule has 0 amide bonds. The maximum Gasteiger partial charge on any atom is 0.0670 e. The summed E-state index contributed by atoms with van der Waals surface area (Å²) in [6.45, 7) is 4.68. The Hall–Kier alpha value is -0.740. The fourth-order valence-corrected chi connectivity index (χ4v) is 2.48. The lowest BCUT2D eigenvalue weighted by Gasteiger charge is -2.37. The summed E-state index contributed by atoms with van der Waals surface area (Å²) in [5, 5.41) is 0. The predicted octanol–water partition coefficient (Wildman–Crippen LogP) is 2.65. The topological polar surface area (TPSA) is 38.5 Å². The van der Waals surface area contributed by atoms with Gasteiger partial charge in [0.1, 0.15) is 0 Å². The Bertz CT molecular complexity index is 370. The van der Waals surface area contributed by atoms with E-state index in [0.29, 0.717) is 6.04 Å². The van der Waals surface area contributed by atoms with Gasteiger partial charge in [0.25, 0.3) is 0 Å². The Labute approximate surface area is 105 Å². The van der Waals surface area contributed by atoms with E-state index >= 15 is 0 Å². The minimum absolute atomic E-state index is 0.442. The van der Waals surface area contributed by atoms with E-state index in [1.807, 2.05) is 12.1 Å². The van der Waals surface area contributed by atoms with Crippen LogP contribution < -0.4 is 10.6 Å². The Balaban J connectivity index is 2.27. The number of ether oxygens (including phenoxy) is 1. The average molecular weight is 285 g/mol. The molecule has 2 rings (SSSR count). The zero-order valence-corrected chi connectivity index (χ0v) is 11.0. The maximum atomic E-state index is 6.06. The van der Waals surface area contributed by atoms with Crippen LogP contribution in [0.15, 0.2) is 22.7 Å². The van der Waals surface area contributed by atoms with Crippen molar-refractivity contribution < 1.29 is 4.74 Å². The van der Waals surface area contributed by atoms with E-state index in [1.54, 1.807) is 0 Å². The van der Waals surface area contributed by atoms with Crippen LogP contribution in [0.3, 0.4) is 0 Å². The number of anilines is 2. The molecule has 0 bridgehead atoms. The fourth-order valence-electron chi connectivity index (χ4n) is 2.10. The molecule has 0 saturated carbocycles. The number of hydrogen-bond donors (Lipinski definition) is 1. The first kappa shape index (κ1) is 11.7. The first-order valence-electron chi connectivity index (χ1n) is 5.61. The molecule has 1 unspecified atom stereocenters. The molecule has 1 atom stereocenters. The van der Waals surface area contributed by atoms with Gasteiger partial charge >= 0.3 is 0 Å². The van der Waals surface area contributed by atoms with Crippen LogP contribution in [0.25, 0.3) is 0 Å². The van der Waals surface area contributed by atoms with Gasteiger partial charge in [-0.2, -0.15) is 0 Å². The summed E-state index contributed by atoms with van der Waals surface area (Å²) in [6.07, 6.45) is 1.08. The highest BCUT2D eigenvalue weighted by Crippen LogP contribution is 2.29. The SMILES string of the molecule is CCC1COCCN1c1ccc(Br)cc1N. The molecule has 1 saturated heterocycles. The third-order valence-corrected chi connectivity index (χ3v) is 3.49. The summed E-state index contributed by atoms with van der Waals surface area (Å²) in [6, 6.07) is 6.51. The third-order valence-electron chi connectivity index (χ3n) is 3.00. The quantitative estimate of drug-likeness (QED) is 0.849. The molecule has 16 heavy (non-hydrogen) atoms. The second kappa shape index (κ2) is 5.06. The van der Waals surface area contributed by atoms with Crippen molar-refractivity contribution in [2.24, 2.45) is 0 Å². The molecule has 2 N–H and O–H groups in total. The van der Waals surface area contributed by atoms with Crippen molar-refractivity contribution in [3.63, 3.8) is 0 Å². The summed E-state index contributed by atoms with van der Waals surface area (Å²) in [5.41, 5.74) is 8.01. The summed E-state index contributed by atoms with van der Waals surface area (Å²) in [5.74, 6) is 0. The van der Waals surface area contributed by atoms with Gasteiger partial charge < -0.3 is 15.4 Å². The van der Waals surface area contributed by atoms with Crippen molar-refractivity contribution in [2.75, 3.05) is 30.4 Å². The molecule has 3 nitrogen and oxygen atoms in total. The molecule has 0 radical (unpaired) electrons. The molecule has 1 aromatic carbocycles. The zero-order chi connectivity index (χ0) is 11.5. The molecule has 1 heterocycles. The minimum Gasteiger partial charge on any atom is -0.397 e. The van der Waals surface area contributed by atoms with Crippen LogP contribution in [-0.2, 0) is 4.74 Å². The largest absolute Gasteiger partial charge is 0.397 e. The van der Waals surface area contributed by atoms with Crippen molar-refractivity contribution in [2.45, 2.75) is 19.4 Å². The van der Waals surface area contributed by atoms with Crippen LogP contribution >= 0.6 is 15.9 Å². The van der Waals surface area contributed by atoms with E-state index in [-0.39, 0.29) is 0 Å². The average Bonchev–Trinajstić information content (AvgIpc) is 2.29. The molecule has 0 aromatic heterocycles. The number of rotatable bonds is 2. The Morgan fingerprint density at radius 3 is 3.06 bits per heavy atom. The maximum absolute atomic E-state index is 6.06.